The highest BCUT2D eigenvalue weighted by Crippen LogP contribution is 2.42. The van der Waals surface area contributed by atoms with Crippen LogP contribution in [0.1, 0.15) is 11.1 Å². The van der Waals surface area contributed by atoms with Crippen LogP contribution in [0.25, 0.3) is 0 Å². The summed E-state index contributed by atoms with van der Waals surface area (Å²) in [5, 5.41) is -0.207. The Bertz CT molecular complexity index is 1180. The number of fused-ring (bicyclic) bond motifs is 1. The van der Waals surface area contributed by atoms with Crippen molar-refractivity contribution in [3.05, 3.63) is 59.7 Å². The number of rotatable bonds is 4. The predicted molar refractivity (Wildman–Crippen MR) is 117 cm³/mol. The summed E-state index contributed by atoms with van der Waals surface area (Å²) in [6, 6.07) is 11.0. The Kier molecular flexibility index (Phi) is 5.97. The molecule has 2 atom stereocenters. The van der Waals surface area contributed by atoms with Crippen LogP contribution in [0.5, 0.6) is 5.75 Å². The Hall–Kier alpha value is -2.53. The van der Waals surface area contributed by atoms with Gasteiger partial charge in [-0.3, -0.25) is 4.79 Å². The molecule has 2 aliphatic rings. The van der Waals surface area contributed by atoms with Gasteiger partial charge in [0.1, 0.15) is 5.75 Å². The molecule has 0 bridgehead atoms. The number of hydrogen-bond acceptors (Lipinski definition) is 5. The smallest absolute Gasteiger partial charge is 0.416 e. The number of para-hydroxylation sites is 1. The zero-order valence-electron chi connectivity index (χ0n) is 16.9. The highest BCUT2D eigenvalue weighted by Gasteiger charge is 2.49. The van der Waals surface area contributed by atoms with Crippen molar-refractivity contribution < 1.29 is 31.1 Å². The van der Waals surface area contributed by atoms with Crippen molar-refractivity contribution >= 4 is 38.4 Å². The minimum absolute atomic E-state index is 0.0574. The van der Waals surface area contributed by atoms with Crippen LogP contribution in [0, 0.1) is 0 Å². The molecule has 2 aromatic carbocycles. The van der Waals surface area contributed by atoms with E-state index in [-0.39, 0.29) is 28.8 Å². The number of amidine groups is 1. The lowest BCUT2D eigenvalue weighted by Crippen LogP contribution is -2.38. The van der Waals surface area contributed by atoms with Gasteiger partial charge < -0.3 is 9.64 Å². The third-order valence-electron chi connectivity index (χ3n) is 5.27. The van der Waals surface area contributed by atoms with Gasteiger partial charge in [0.05, 0.1) is 36.6 Å². The van der Waals surface area contributed by atoms with E-state index in [1.165, 1.54) is 24.1 Å². The molecule has 11 heteroatoms. The van der Waals surface area contributed by atoms with Gasteiger partial charge >= 0.3 is 6.18 Å². The zero-order valence-corrected chi connectivity index (χ0v) is 18.5. The first-order valence-corrected chi connectivity index (χ1v) is 12.3. The number of methoxy groups -OCH3 is 1. The van der Waals surface area contributed by atoms with E-state index < -0.39 is 38.8 Å². The second kappa shape index (κ2) is 8.43. The molecule has 2 heterocycles. The number of carbonyl (C=O) groups excluding carboxylic acids is 1. The number of amides is 1. The van der Waals surface area contributed by atoms with E-state index in [2.05, 4.69) is 4.99 Å². The van der Waals surface area contributed by atoms with Crippen LogP contribution in [-0.4, -0.2) is 49.4 Å². The maximum atomic E-state index is 13.3. The Balaban J connectivity index is 1.68. The fourth-order valence-electron chi connectivity index (χ4n) is 3.86. The summed E-state index contributed by atoms with van der Waals surface area (Å²) in [6.07, 6.45) is -4.61. The van der Waals surface area contributed by atoms with Gasteiger partial charge in [-0.1, -0.05) is 36.0 Å². The van der Waals surface area contributed by atoms with Crippen molar-refractivity contribution in [3.63, 3.8) is 0 Å². The lowest BCUT2D eigenvalue weighted by Gasteiger charge is -2.25. The molecule has 0 saturated carbocycles. The van der Waals surface area contributed by atoms with Gasteiger partial charge in [-0.25, -0.2) is 8.42 Å². The van der Waals surface area contributed by atoms with Crippen molar-refractivity contribution in [2.45, 2.75) is 23.9 Å². The summed E-state index contributed by atoms with van der Waals surface area (Å²) in [4.78, 5) is 18.3. The van der Waals surface area contributed by atoms with Crippen molar-refractivity contribution in [2.75, 3.05) is 23.5 Å². The number of benzene rings is 2. The topological polar surface area (TPSA) is 76.0 Å². The summed E-state index contributed by atoms with van der Waals surface area (Å²) < 4.78 is 69.3. The first-order chi connectivity index (χ1) is 15.1. The standard InChI is InChI=1S/C21H19F3N2O4S2/c1-30-17-8-3-2-5-13(17)9-19(27)25-20-26(16-11-32(28,29)12-18(16)31-20)15-7-4-6-14(10-15)21(22,23)24/h2-8,10,16,18H,9,11-12H2,1H3/t16-,18-/m0/s1. The van der Waals surface area contributed by atoms with Crippen LogP contribution in [0.2, 0.25) is 0 Å². The second-order valence-corrected chi connectivity index (χ2v) is 10.9. The Labute approximate surface area is 187 Å². The lowest BCUT2D eigenvalue weighted by atomic mass is 10.1. The highest BCUT2D eigenvalue weighted by molar-refractivity contribution is 8.16. The second-order valence-electron chi connectivity index (χ2n) is 7.50. The maximum Gasteiger partial charge on any atom is 0.416 e. The Morgan fingerprint density at radius 3 is 2.66 bits per heavy atom. The SMILES string of the molecule is COc1ccccc1CC(=O)N=C1S[C@H]2CS(=O)(=O)C[C@@H]2N1c1cccc(C(F)(F)F)c1. The van der Waals surface area contributed by atoms with Gasteiger partial charge in [-0.15, -0.1) is 0 Å². The van der Waals surface area contributed by atoms with Gasteiger partial charge in [-0.05, 0) is 24.3 Å². The van der Waals surface area contributed by atoms with Gasteiger partial charge in [0.15, 0.2) is 15.0 Å². The van der Waals surface area contributed by atoms with E-state index in [0.717, 1.165) is 23.9 Å². The largest absolute Gasteiger partial charge is 0.496 e. The molecule has 0 radical (unpaired) electrons. The van der Waals surface area contributed by atoms with E-state index in [9.17, 15) is 26.4 Å². The maximum absolute atomic E-state index is 13.3. The molecule has 0 unspecified atom stereocenters. The van der Waals surface area contributed by atoms with E-state index in [0.29, 0.717) is 11.3 Å². The van der Waals surface area contributed by atoms with Gasteiger partial charge in [0, 0.05) is 16.5 Å². The van der Waals surface area contributed by atoms with Crippen LogP contribution < -0.4 is 9.64 Å². The molecule has 0 spiro atoms. The van der Waals surface area contributed by atoms with Gasteiger partial charge in [0.25, 0.3) is 5.91 Å². The number of ether oxygens (including phenoxy) is 1. The van der Waals surface area contributed by atoms with Gasteiger partial charge in [0.2, 0.25) is 0 Å². The van der Waals surface area contributed by atoms with E-state index in [1.54, 1.807) is 24.3 Å². The van der Waals surface area contributed by atoms with E-state index >= 15 is 0 Å². The fourth-order valence-corrected chi connectivity index (χ4v) is 7.79. The molecule has 4 rings (SSSR count). The molecule has 170 valence electrons. The number of carbonyl (C=O) groups is 1. The highest BCUT2D eigenvalue weighted by atomic mass is 32.2. The number of nitrogens with zero attached hydrogens (tertiary/aromatic N) is 2. The summed E-state index contributed by atoms with van der Waals surface area (Å²) in [5.41, 5.74) is -0.0782. The van der Waals surface area contributed by atoms with Crippen LogP contribution in [0.3, 0.4) is 0 Å². The predicted octanol–water partition coefficient (Wildman–Crippen LogP) is 3.56. The average Bonchev–Trinajstić information content (AvgIpc) is 3.18. The fraction of sp³-hybridized carbons (Fsp3) is 0.333. The zero-order chi connectivity index (χ0) is 23.1. The van der Waals surface area contributed by atoms with Crippen LogP contribution >= 0.6 is 11.8 Å². The first-order valence-electron chi connectivity index (χ1n) is 9.64. The number of alkyl halides is 3. The third kappa shape index (κ3) is 4.63. The quantitative estimate of drug-likeness (QED) is 0.661. The third-order valence-corrected chi connectivity index (χ3v) is 8.48. The number of anilines is 1. The Morgan fingerprint density at radius 1 is 1.19 bits per heavy atom. The number of thioether (sulfide) groups is 1. The molecule has 2 fully saturated rings. The molecule has 6 nitrogen and oxygen atoms in total. The van der Waals surface area contributed by atoms with Crippen molar-refractivity contribution in [1.29, 1.82) is 0 Å². The lowest BCUT2D eigenvalue weighted by molar-refractivity contribution is -0.137. The molecule has 0 aromatic heterocycles. The van der Waals surface area contributed by atoms with E-state index in [4.69, 9.17) is 4.74 Å². The summed E-state index contributed by atoms with van der Waals surface area (Å²) >= 11 is 1.11. The molecule has 1 amide bonds. The number of aliphatic imine (C=N–C) groups is 1. The average molecular weight is 485 g/mol. The monoisotopic (exact) mass is 484 g/mol. The molecular weight excluding hydrogens is 465 g/mol. The normalized spacial score (nSPS) is 23.4. The molecule has 2 saturated heterocycles. The molecule has 2 aliphatic heterocycles. The Morgan fingerprint density at radius 2 is 1.94 bits per heavy atom. The van der Waals surface area contributed by atoms with Crippen LogP contribution in [0.4, 0.5) is 18.9 Å². The van der Waals surface area contributed by atoms with Crippen molar-refractivity contribution in [3.8, 4) is 5.75 Å². The summed E-state index contributed by atoms with van der Waals surface area (Å²) in [6.45, 7) is 0. The van der Waals surface area contributed by atoms with Crippen LogP contribution in [0.15, 0.2) is 53.5 Å². The molecule has 2 aromatic rings. The number of hydrogen-bond donors (Lipinski definition) is 0. The van der Waals surface area contributed by atoms with Gasteiger partial charge in [-0.2, -0.15) is 18.2 Å². The van der Waals surface area contributed by atoms with Crippen LogP contribution in [-0.2, 0) is 27.2 Å². The first kappa shape index (κ1) is 22.7. The summed E-state index contributed by atoms with van der Waals surface area (Å²) in [7, 11) is -1.85. The molecule has 0 N–H and O–H groups in total. The minimum Gasteiger partial charge on any atom is -0.496 e. The molecular formula is C21H19F3N2O4S2. The minimum atomic E-state index is -4.55. The number of halogens is 3. The summed E-state index contributed by atoms with van der Waals surface area (Å²) in [5.74, 6) is -0.298. The number of sulfone groups is 1. The van der Waals surface area contributed by atoms with Crippen molar-refractivity contribution in [1.82, 2.24) is 0 Å². The van der Waals surface area contributed by atoms with E-state index in [1.807, 2.05) is 0 Å². The molecule has 32 heavy (non-hydrogen) atoms. The molecule has 0 aliphatic carbocycles. The van der Waals surface area contributed by atoms with Crippen molar-refractivity contribution in [2.24, 2.45) is 4.99 Å².